The summed E-state index contributed by atoms with van der Waals surface area (Å²) < 4.78 is 10.9. The van der Waals surface area contributed by atoms with Crippen LogP contribution in [0.1, 0.15) is 18.4 Å². The Morgan fingerprint density at radius 3 is 3.00 bits per heavy atom. The van der Waals surface area contributed by atoms with E-state index in [4.69, 9.17) is 9.47 Å². The molecule has 1 aromatic rings. The van der Waals surface area contributed by atoms with E-state index in [1.807, 2.05) is 18.2 Å². The average Bonchev–Trinajstić information content (AvgIpc) is 2.40. The van der Waals surface area contributed by atoms with E-state index in [-0.39, 0.29) is 12.4 Å². The highest BCUT2D eigenvalue weighted by Crippen LogP contribution is 2.15. The van der Waals surface area contributed by atoms with Crippen molar-refractivity contribution in [2.45, 2.75) is 19.4 Å². The Labute approximate surface area is 115 Å². The van der Waals surface area contributed by atoms with Gasteiger partial charge in [0.15, 0.2) is 0 Å². The number of benzene rings is 1. The summed E-state index contributed by atoms with van der Waals surface area (Å²) in [5.41, 5.74) is 1.17. The van der Waals surface area contributed by atoms with Crippen molar-refractivity contribution in [1.29, 1.82) is 0 Å². The number of rotatable bonds is 5. The quantitative estimate of drug-likeness (QED) is 0.893. The van der Waals surface area contributed by atoms with Crippen molar-refractivity contribution in [3.63, 3.8) is 0 Å². The molecule has 18 heavy (non-hydrogen) atoms. The standard InChI is InChI=1S/C14H21NO2.ClH/c1-16-14-6-2-4-12(8-14)10-17-11-13-5-3-7-15-9-13;/h2,4,6,8,13,15H,3,5,7,9-11H2,1H3;1H. The van der Waals surface area contributed by atoms with Crippen LogP contribution in [-0.4, -0.2) is 26.8 Å². The lowest BCUT2D eigenvalue weighted by Gasteiger charge is -2.22. The zero-order valence-electron chi connectivity index (χ0n) is 10.9. The van der Waals surface area contributed by atoms with Crippen LogP contribution in [-0.2, 0) is 11.3 Å². The van der Waals surface area contributed by atoms with Crippen molar-refractivity contribution in [2.24, 2.45) is 5.92 Å². The molecule has 0 aliphatic carbocycles. The van der Waals surface area contributed by atoms with Gasteiger partial charge in [0.1, 0.15) is 5.75 Å². The van der Waals surface area contributed by atoms with Crippen LogP contribution in [0.15, 0.2) is 24.3 Å². The molecule has 1 unspecified atom stereocenters. The van der Waals surface area contributed by atoms with Gasteiger partial charge in [0.05, 0.1) is 20.3 Å². The second-order valence-corrected chi connectivity index (χ2v) is 4.58. The summed E-state index contributed by atoms with van der Waals surface area (Å²) >= 11 is 0. The van der Waals surface area contributed by atoms with E-state index in [0.717, 1.165) is 25.4 Å². The van der Waals surface area contributed by atoms with Crippen LogP contribution < -0.4 is 10.1 Å². The molecule has 1 aliphatic rings. The summed E-state index contributed by atoms with van der Waals surface area (Å²) in [4.78, 5) is 0. The van der Waals surface area contributed by atoms with Gasteiger partial charge < -0.3 is 14.8 Å². The largest absolute Gasteiger partial charge is 0.497 e. The Morgan fingerprint density at radius 2 is 2.28 bits per heavy atom. The fourth-order valence-electron chi connectivity index (χ4n) is 2.17. The van der Waals surface area contributed by atoms with Crippen molar-refractivity contribution in [1.82, 2.24) is 5.32 Å². The molecule has 1 saturated heterocycles. The average molecular weight is 272 g/mol. The summed E-state index contributed by atoms with van der Waals surface area (Å²) in [6.45, 7) is 3.78. The zero-order valence-corrected chi connectivity index (χ0v) is 11.7. The number of hydrogen-bond donors (Lipinski definition) is 1. The Morgan fingerprint density at radius 1 is 1.39 bits per heavy atom. The molecule has 0 spiro atoms. The molecule has 3 nitrogen and oxygen atoms in total. The molecule has 2 rings (SSSR count). The maximum atomic E-state index is 5.76. The van der Waals surface area contributed by atoms with E-state index in [9.17, 15) is 0 Å². The van der Waals surface area contributed by atoms with E-state index in [1.54, 1.807) is 7.11 Å². The van der Waals surface area contributed by atoms with Gasteiger partial charge in [0.2, 0.25) is 0 Å². The molecular weight excluding hydrogens is 250 g/mol. The normalized spacial score (nSPS) is 19.1. The first kappa shape index (κ1) is 15.3. The molecule has 1 N–H and O–H groups in total. The topological polar surface area (TPSA) is 30.5 Å². The summed E-state index contributed by atoms with van der Waals surface area (Å²) in [6.07, 6.45) is 2.55. The van der Waals surface area contributed by atoms with E-state index < -0.39 is 0 Å². The van der Waals surface area contributed by atoms with Gasteiger partial charge in [0.25, 0.3) is 0 Å². The Hall–Kier alpha value is -0.770. The lowest BCUT2D eigenvalue weighted by Crippen LogP contribution is -2.32. The molecule has 0 bridgehead atoms. The summed E-state index contributed by atoms with van der Waals surface area (Å²) in [6, 6.07) is 8.05. The van der Waals surface area contributed by atoms with Gasteiger partial charge in [-0.3, -0.25) is 0 Å². The summed E-state index contributed by atoms with van der Waals surface area (Å²) in [5.74, 6) is 1.57. The lowest BCUT2D eigenvalue weighted by atomic mass is 10.0. The van der Waals surface area contributed by atoms with Crippen molar-refractivity contribution in [3.05, 3.63) is 29.8 Å². The van der Waals surface area contributed by atoms with Gasteiger partial charge in [-0.05, 0) is 43.0 Å². The molecule has 4 heteroatoms. The third-order valence-electron chi connectivity index (χ3n) is 3.16. The predicted octanol–water partition coefficient (Wildman–Crippen LogP) is 2.63. The minimum Gasteiger partial charge on any atom is -0.497 e. The minimum absolute atomic E-state index is 0. The lowest BCUT2D eigenvalue weighted by molar-refractivity contribution is 0.0782. The fraction of sp³-hybridized carbons (Fsp3) is 0.571. The smallest absolute Gasteiger partial charge is 0.119 e. The first-order valence-corrected chi connectivity index (χ1v) is 6.30. The second kappa shape index (κ2) is 8.35. The van der Waals surface area contributed by atoms with Gasteiger partial charge in [-0.15, -0.1) is 12.4 Å². The molecule has 0 aromatic heterocycles. The third kappa shape index (κ3) is 4.84. The molecule has 1 aliphatic heterocycles. The predicted molar refractivity (Wildman–Crippen MR) is 75.5 cm³/mol. The summed E-state index contributed by atoms with van der Waals surface area (Å²) in [5, 5.41) is 3.40. The van der Waals surface area contributed by atoms with E-state index >= 15 is 0 Å². The summed E-state index contributed by atoms with van der Waals surface area (Å²) in [7, 11) is 1.69. The van der Waals surface area contributed by atoms with Gasteiger partial charge in [-0.1, -0.05) is 12.1 Å². The molecule has 1 aromatic carbocycles. The number of ether oxygens (including phenoxy) is 2. The van der Waals surface area contributed by atoms with Crippen LogP contribution in [0, 0.1) is 5.92 Å². The van der Waals surface area contributed by atoms with Crippen LogP contribution >= 0.6 is 12.4 Å². The minimum atomic E-state index is 0. The number of piperidine rings is 1. The van der Waals surface area contributed by atoms with Crippen LogP contribution in [0.2, 0.25) is 0 Å². The third-order valence-corrected chi connectivity index (χ3v) is 3.16. The fourth-order valence-corrected chi connectivity index (χ4v) is 2.17. The highest BCUT2D eigenvalue weighted by Gasteiger charge is 2.12. The number of nitrogens with one attached hydrogen (secondary N) is 1. The second-order valence-electron chi connectivity index (χ2n) is 4.58. The van der Waals surface area contributed by atoms with Crippen LogP contribution in [0.4, 0.5) is 0 Å². The molecule has 1 fully saturated rings. The SMILES string of the molecule is COc1cccc(COCC2CCCNC2)c1.Cl. The van der Waals surface area contributed by atoms with Crippen molar-refractivity contribution < 1.29 is 9.47 Å². The van der Waals surface area contributed by atoms with Crippen LogP contribution in [0.25, 0.3) is 0 Å². The van der Waals surface area contributed by atoms with Crippen LogP contribution in [0.3, 0.4) is 0 Å². The number of methoxy groups -OCH3 is 1. The van der Waals surface area contributed by atoms with E-state index in [2.05, 4.69) is 11.4 Å². The Bertz CT molecular complexity index is 340. The van der Waals surface area contributed by atoms with Crippen molar-refractivity contribution in [2.75, 3.05) is 26.8 Å². The maximum Gasteiger partial charge on any atom is 0.119 e. The first-order valence-electron chi connectivity index (χ1n) is 6.30. The number of hydrogen-bond acceptors (Lipinski definition) is 3. The highest BCUT2D eigenvalue weighted by molar-refractivity contribution is 5.85. The molecule has 1 atom stereocenters. The van der Waals surface area contributed by atoms with Gasteiger partial charge in [0, 0.05) is 6.54 Å². The Balaban J connectivity index is 0.00000162. The van der Waals surface area contributed by atoms with Gasteiger partial charge >= 0.3 is 0 Å². The molecular formula is C14H22ClNO2. The van der Waals surface area contributed by atoms with E-state index in [1.165, 1.54) is 18.4 Å². The Kier molecular flexibility index (Phi) is 7.09. The van der Waals surface area contributed by atoms with Crippen LogP contribution in [0.5, 0.6) is 5.75 Å². The van der Waals surface area contributed by atoms with Crippen molar-refractivity contribution >= 4 is 12.4 Å². The first-order chi connectivity index (χ1) is 8.38. The number of halogens is 1. The van der Waals surface area contributed by atoms with Gasteiger partial charge in [-0.2, -0.15) is 0 Å². The highest BCUT2D eigenvalue weighted by atomic mass is 35.5. The molecule has 1 heterocycles. The van der Waals surface area contributed by atoms with Gasteiger partial charge in [-0.25, -0.2) is 0 Å². The monoisotopic (exact) mass is 271 g/mol. The molecule has 0 amide bonds. The maximum absolute atomic E-state index is 5.76. The van der Waals surface area contributed by atoms with E-state index in [0.29, 0.717) is 12.5 Å². The molecule has 102 valence electrons. The molecule has 0 saturated carbocycles. The molecule has 0 radical (unpaired) electrons. The zero-order chi connectivity index (χ0) is 11.9. The van der Waals surface area contributed by atoms with Crippen molar-refractivity contribution in [3.8, 4) is 5.75 Å².